The Balaban J connectivity index is 1.84. The average Bonchev–Trinajstić information content (AvgIpc) is 3.37. The molecule has 2 aromatic carbocycles. The van der Waals surface area contributed by atoms with Crippen LogP contribution in [0.2, 0.25) is 0 Å². The quantitative estimate of drug-likeness (QED) is 0.309. The first-order valence-electron chi connectivity index (χ1n) is 11.7. The van der Waals surface area contributed by atoms with Crippen LogP contribution in [0.25, 0.3) is 0 Å². The first-order chi connectivity index (χ1) is 17.1. The van der Waals surface area contributed by atoms with Gasteiger partial charge in [0.15, 0.2) is 0 Å². The second-order valence-corrected chi connectivity index (χ2v) is 8.94. The van der Waals surface area contributed by atoms with Gasteiger partial charge in [-0.05, 0) is 55.2 Å². The Kier molecular flexibility index (Phi) is 8.42. The van der Waals surface area contributed by atoms with E-state index in [9.17, 15) is 19.2 Å². The van der Waals surface area contributed by atoms with Gasteiger partial charge < -0.3 is 26.0 Å². The molecule has 0 aromatic heterocycles. The van der Waals surface area contributed by atoms with Crippen molar-refractivity contribution in [2.24, 2.45) is 5.73 Å². The number of carbonyl (C=O) groups is 4. The number of likely N-dealkylation sites (N-methyl/N-ethyl adjacent to an activating group) is 1. The van der Waals surface area contributed by atoms with E-state index in [-0.39, 0.29) is 18.2 Å². The number of nitrogens with two attached hydrogens (primary N) is 1. The van der Waals surface area contributed by atoms with Gasteiger partial charge >= 0.3 is 5.97 Å². The molecule has 2 aromatic rings. The number of rotatable bonds is 9. The van der Waals surface area contributed by atoms with Gasteiger partial charge in [0.2, 0.25) is 5.91 Å². The summed E-state index contributed by atoms with van der Waals surface area (Å²) in [4.78, 5) is 52.5. The van der Waals surface area contributed by atoms with Gasteiger partial charge in [-0.3, -0.25) is 24.6 Å². The highest BCUT2D eigenvalue weighted by Crippen LogP contribution is 2.22. The number of likely N-dealkylation sites (tertiary alicyclic amines) is 1. The molecule has 1 unspecified atom stereocenters. The van der Waals surface area contributed by atoms with Gasteiger partial charge in [-0.2, -0.15) is 0 Å². The Morgan fingerprint density at radius 2 is 1.81 bits per heavy atom. The van der Waals surface area contributed by atoms with Gasteiger partial charge in [0.05, 0.1) is 12.5 Å². The normalized spacial score (nSPS) is 13.7. The van der Waals surface area contributed by atoms with Crippen LogP contribution in [0.3, 0.4) is 0 Å². The van der Waals surface area contributed by atoms with Crippen LogP contribution in [0.5, 0.6) is 0 Å². The number of hydrogen-bond donors (Lipinski definition) is 4. The third kappa shape index (κ3) is 6.47. The SMILES string of the molecule is Cc1cc(C(=O)NC(CC(=O)N(C)CC(=O)O)c2cccc(C(=N)N)c2)ccc1C(=O)N1CCCC1. The Bertz CT molecular complexity index is 1190. The number of nitrogen functional groups attached to an aromatic ring is 1. The van der Waals surface area contributed by atoms with E-state index in [1.807, 2.05) is 0 Å². The molecule has 0 bridgehead atoms. The summed E-state index contributed by atoms with van der Waals surface area (Å²) >= 11 is 0. The zero-order chi connectivity index (χ0) is 26.4. The molecule has 1 aliphatic heterocycles. The van der Waals surface area contributed by atoms with Crippen LogP contribution in [0, 0.1) is 12.3 Å². The highest BCUT2D eigenvalue weighted by Gasteiger charge is 2.24. The number of amides is 3. The van der Waals surface area contributed by atoms with Crippen LogP contribution in [0.15, 0.2) is 42.5 Å². The predicted octanol–water partition coefficient (Wildman–Crippen LogP) is 1.92. The fraction of sp³-hybridized carbons (Fsp3) is 0.346. The highest BCUT2D eigenvalue weighted by molar-refractivity contribution is 5.99. The molecule has 0 radical (unpaired) electrons. The maximum atomic E-state index is 13.2. The van der Waals surface area contributed by atoms with Crippen molar-refractivity contribution in [3.8, 4) is 0 Å². The van der Waals surface area contributed by atoms with E-state index in [1.54, 1.807) is 54.3 Å². The Morgan fingerprint density at radius 3 is 2.42 bits per heavy atom. The van der Waals surface area contributed by atoms with E-state index in [1.165, 1.54) is 7.05 Å². The van der Waals surface area contributed by atoms with Gasteiger partial charge in [-0.25, -0.2) is 0 Å². The van der Waals surface area contributed by atoms with Crippen molar-refractivity contribution in [2.45, 2.75) is 32.2 Å². The number of hydrogen-bond acceptors (Lipinski definition) is 5. The summed E-state index contributed by atoms with van der Waals surface area (Å²) in [5, 5.41) is 19.5. The Hall–Kier alpha value is -4.21. The van der Waals surface area contributed by atoms with E-state index in [0.717, 1.165) is 30.8 Å². The fourth-order valence-corrected chi connectivity index (χ4v) is 4.17. The first kappa shape index (κ1) is 26.4. The summed E-state index contributed by atoms with van der Waals surface area (Å²) in [6.07, 6.45) is 1.77. The largest absolute Gasteiger partial charge is 0.480 e. The van der Waals surface area contributed by atoms with Crippen LogP contribution in [0.4, 0.5) is 0 Å². The van der Waals surface area contributed by atoms with Crippen molar-refractivity contribution in [1.82, 2.24) is 15.1 Å². The van der Waals surface area contributed by atoms with E-state index in [0.29, 0.717) is 27.8 Å². The highest BCUT2D eigenvalue weighted by atomic mass is 16.4. The van der Waals surface area contributed by atoms with Crippen LogP contribution in [-0.4, -0.2) is 71.1 Å². The number of carbonyl (C=O) groups excluding carboxylic acids is 3. The standard InChI is InChI=1S/C26H31N5O5/c1-16-12-19(8-9-20(16)26(36)31-10-3-4-11-31)25(35)29-21(14-22(32)30(2)15-23(33)34)17-6-5-7-18(13-17)24(27)28/h5-9,12-13,21H,3-4,10-11,14-15H2,1-2H3,(H3,27,28)(H,29,35)(H,33,34). The van der Waals surface area contributed by atoms with Gasteiger partial charge in [-0.1, -0.05) is 18.2 Å². The summed E-state index contributed by atoms with van der Waals surface area (Å²) in [7, 11) is 1.38. The van der Waals surface area contributed by atoms with Crippen LogP contribution in [0.1, 0.15) is 62.7 Å². The number of amidine groups is 1. The molecule has 1 fully saturated rings. The lowest BCUT2D eigenvalue weighted by Gasteiger charge is -2.23. The van der Waals surface area contributed by atoms with E-state index in [2.05, 4.69) is 5.32 Å². The maximum absolute atomic E-state index is 13.2. The zero-order valence-electron chi connectivity index (χ0n) is 20.4. The van der Waals surface area contributed by atoms with E-state index >= 15 is 0 Å². The number of nitrogens with one attached hydrogen (secondary N) is 2. The molecule has 5 N–H and O–H groups in total. The molecular weight excluding hydrogens is 462 g/mol. The summed E-state index contributed by atoms with van der Waals surface area (Å²) in [5.74, 6) is -2.29. The summed E-state index contributed by atoms with van der Waals surface area (Å²) in [6, 6.07) is 10.7. The van der Waals surface area contributed by atoms with Crippen molar-refractivity contribution >= 4 is 29.5 Å². The predicted molar refractivity (Wildman–Crippen MR) is 134 cm³/mol. The monoisotopic (exact) mass is 493 g/mol. The molecule has 3 rings (SSSR count). The number of benzene rings is 2. The summed E-state index contributed by atoms with van der Waals surface area (Å²) in [6.45, 7) is 2.76. The lowest BCUT2D eigenvalue weighted by Crippen LogP contribution is -2.37. The third-order valence-corrected chi connectivity index (χ3v) is 6.19. The Labute approximate surface area is 209 Å². The minimum absolute atomic E-state index is 0.0528. The second-order valence-electron chi connectivity index (χ2n) is 8.94. The lowest BCUT2D eigenvalue weighted by molar-refractivity contribution is -0.143. The van der Waals surface area contributed by atoms with Gasteiger partial charge in [-0.15, -0.1) is 0 Å². The molecule has 190 valence electrons. The molecule has 1 heterocycles. The molecule has 10 nitrogen and oxygen atoms in total. The number of carboxylic acid groups (broad SMARTS) is 1. The molecule has 0 aliphatic carbocycles. The third-order valence-electron chi connectivity index (χ3n) is 6.19. The van der Waals surface area contributed by atoms with Gasteiger partial charge in [0, 0.05) is 36.8 Å². The van der Waals surface area contributed by atoms with Crippen molar-refractivity contribution in [3.05, 3.63) is 70.3 Å². The van der Waals surface area contributed by atoms with Crippen LogP contribution < -0.4 is 11.1 Å². The van der Waals surface area contributed by atoms with Crippen LogP contribution >= 0.6 is 0 Å². The summed E-state index contributed by atoms with van der Waals surface area (Å²) in [5.41, 5.74) is 8.12. The molecule has 3 amide bonds. The zero-order valence-corrected chi connectivity index (χ0v) is 20.4. The number of aryl methyl sites for hydroxylation is 1. The molecule has 1 aliphatic rings. The van der Waals surface area contributed by atoms with Crippen molar-refractivity contribution in [2.75, 3.05) is 26.7 Å². The van der Waals surface area contributed by atoms with Crippen LogP contribution in [-0.2, 0) is 9.59 Å². The molecular formula is C26H31N5O5. The fourth-order valence-electron chi connectivity index (χ4n) is 4.17. The minimum Gasteiger partial charge on any atom is -0.480 e. The number of nitrogens with zero attached hydrogens (tertiary/aromatic N) is 2. The molecule has 1 saturated heterocycles. The van der Waals surface area contributed by atoms with Crippen molar-refractivity contribution in [1.29, 1.82) is 5.41 Å². The van der Waals surface area contributed by atoms with E-state index < -0.39 is 30.4 Å². The average molecular weight is 494 g/mol. The first-order valence-corrected chi connectivity index (χ1v) is 11.7. The molecule has 36 heavy (non-hydrogen) atoms. The number of carboxylic acids is 1. The minimum atomic E-state index is -1.15. The van der Waals surface area contributed by atoms with Crippen molar-refractivity contribution < 1.29 is 24.3 Å². The molecule has 10 heteroatoms. The number of aliphatic carboxylic acids is 1. The van der Waals surface area contributed by atoms with E-state index in [4.69, 9.17) is 16.2 Å². The van der Waals surface area contributed by atoms with Gasteiger partial charge in [0.1, 0.15) is 12.4 Å². The smallest absolute Gasteiger partial charge is 0.323 e. The maximum Gasteiger partial charge on any atom is 0.323 e. The second kappa shape index (κ2) is 11.5. The molecule has 1 atom stereocenters. The molecule has 0 spiro atoms. The Morgan fingerprint density at radius 1 is 1.11 bits per heavy atom. The molecule has 0 saturated carbocycles. The van der Waals surface area contributed by atoms with Crippen molar-refractivity contribution in [3.63, 3.8) is 0 Å². The van der Waals surface area contributed by atoms with Gasteiger partial charge in [0.25, 0.3) is 11.8 Å². The topological polar surface area (TPSA) is 157 Å². The lowest BCUT2D eigenvalue weighted by atomic mass is 9.99. The summed E-state index contributed by atoms with van der Waals surface area (Å²) < 4.78 is 0.